The number of hydrogen-bond acceptors (Lipinski definition) is 5. The molecule has 0 aliphatic carbocycles. The van der Waals surface area contributed by atoms with Crippen LogP contribution < -0.4 is 5.32 Å². The van der Waals surface area contributed by atoms with Crippen LogP contribution in [0.25, 0.3) is 0 Å². The van der Waals surface area contributed by atoms with E-state index in [4.69, 9.17) is 23.2 Å². The van der Waals surface area contributed by atoms with Crippen LogP contribution in [-0.4, -0.2) is 69.7 Å². The Hall–Kier alpha value is -2.71. The van der Waals surface area contributed by atoms with Gasteiger partial charge >= 0.3 is 0 Å². The fourth-order valence-corrected chi connectivity index (χ4v) is 4.02. The summed E-state index contributed by atoms with van der Waals surface area (Å²) in [4.78, 5) is 49.8. The van der Waals surface area contributed by atoms with Gasteiger partial charge in [0, 0.05) is 43.6 Å². The van der Waals surface area contributed by atoms with Gasteiger partial charge in [-0.25, -0.2) is 4.98 Å². The van der Waals surface area contributed by atoms with Crippen molar-refractivity contribution in [3.63, 3.8) is 0 Å². The first-order valence-corrected chi connectivity index (χ1v) is 11.1. The fraction of sp³-hybridized carbons (Fsp3) is 0.409. The lowest BCUT2D eigenvalue weighted by atomic mass is 10.0. The van der Waals surface area contributed by atoms with Crippen LogP contribution in [-0.2, 0) is 4.79 Å². The normalized spacial score (nSPS) is 14.9. The number of aromatic nitrogens is 2. The van der Waals surface area contributed by atoms with Gasteiger partial charge in [-0.2, -0.15) is 0 Å². The highest BCUT2D eigenvalue weighted by Crippen LogP contribution is 2.21. The van der Waals surface area contributed by atoms with Gasteiger partial charge in [0.15, 0.2) is 0 Å². The van der Waals surface area contributed by atoms with E-state index in [9.17, 15) is 14.4 Å². The Labute approximate surface area is 196 Å². The first-order valence-electron chi connectivity index (χ1n) is 10.4. The highest BCUT2D eigenvalue weighted by molar-refractivity contribution is 6.36. The van der Waals surface area contributed by atoms with E-state index in [0.29, 0.717) is 37.6 Å². The van der Waals surface area contributed by atoms with E-state index < -0.39 is 11.9 Å². The molecular formula is C22H25Cl2N5O3. The van der Waals surface area contributed by atoms with Gasteiger partial charge in [-0.3, -0.25) is 19.4 Å². The van der Waals surface area contributed by atoms with Gasteiger partial charge < -0.3 is 15.1 Å². The van der Waals surface area contributed by atoms with Crippen LogP contribution in [0.1, 0.15) is 41.1 Å². The summed E-state index contributed by atoms with van der Waals surface area (Å²) in [7, 11) is 0. The number of piperazine rings is 1. The number of amides is 3. The second-order valence-electron chi connectivity index (χ2n) is 7.99. The third-order valence-corrected chi connectivity index (χ3v) is 5.69. The number of rotatable bonds is 6. The van der Waals surface area contributed by atoms with Crippen molar-refractivity contribution >= 4 is 40.9 Å². The third-order valence-electron chi connectivity index (χ3n) is 5.15. The number of carbonyl (C=O) groups is 3. The van der Waals surface area contributed by atoms with Crippen LogP contribution in [0.5, 0.6) is 0 Å². The van der Waals surface area contributed by atoms with Crippen molar-refractivity contribution in [1.82, 2.24) is 25.1 Å². The van der Waals surface area contributed by atoms with E-state index >= 15 is 0 Å². The summed E-state index contributed by atoms with van der Waals surface area (Å²) in [6.45, 7) is 5.48. The number of hydrogen-bond donors (Lipinski definition) is 1. The number of benzene rings is 1. The van der Waals surface area contributed by atoms with Crippen LogP contribution in [0.3, 0.4) is 0 Å². The van der Waals surface area contributed by atoms with Crippen molar-refractivity contribution in [3.05, 3.63) is 58.1 Å². The molecule has 2 heterocycles. The first kappa shape index (κ1) is 23.9. The van der Waals surface area contributed by atoms with E-state index in [-0.39, 0.29) is 34.0 Å². The van der Waals surface area contributed by atoms with Crippen LogP contribution in [0.15, 0.2) is 36.8 Å². The van der Waals surface area contributed by atoms with Gasteiger partial charge in [0.2, 0.25) is 5.91 Å². The van der Waals surface area contributed by atoms with Crippen molar-refractivity contribution in [2.75, 3.05) is 26.2 Å². The van der Waals surface area contributed by atoms with Crippen LogP contribution >= 0.6 is 23.2 Å². The van der Waals surface area contributed by atoms with Gasteiger partial charge in [-0.05, 0) is 30.5 Å². The summed E-state index contributed by atoms with van der Waals surface area (Å²) < 4.78 is 0. The zero-order valence-corrected chi connectivity index (χ0v) is 19.4. The molecule has 1 atom stereocenters. The molecule has 2 aromatic rings. The standard InChI is InChI=1S/C22H25Cl2N5O3/c1-14(2)11-18(27-20(30)16-4-3-15(23)12-17(16)24)21(31)28-7-9-29(10-8-28)22(32)19-13-25-5-6-26-19/h3-6,12-14,18H,7-11H2,1-2H3,(H,27,30). The molecule has 8 nitrogen and oxygen atoms in total. The molecule has 1 fully saturated rings. The average Bonchev–Trinajstić information content (AvgIpc) is 2.78. The minimum absolute atomic E-state index is 0.177. The molecular weight excluding hydrogens is 453 g/mol. The Kier molecular flexibility index (Phi) is 8.04. The molecule has 0 radical (unpaired) electrons. The molecule has 0 spiro atoms. The Morgan fingerprint density at radius 1 is 1.06 bits per heavy atom. The molecule has 1 N–H and O–H groups in total. The molecule has 1 aliphatic rings. The summed E-state index contributed by atoms with van der Waals surface area (Å²) in [5.74, 6) is -0.634. The lowest BCUT2D eigenvalue weighted by molar-refractivity contribution is -0.135. The van der Waals surface area contributed by atoms with Crippen molar-refractivity contribution < 1.29 is 14.4 Å². The van der Waals surface area contributed by atoms with Gasteiger partial charge in [0.05, 0.1) is 16.8 Å². The summed E-state index contributed by atoms with van der Waals surface area (Å²) >= 11 is 12.1. The summed E-state index contributed by atoms with van der Waals surface area (Å²) in [5.41, 5.74) is 0.536. The first-order chi connectivity index (χ1) is 15.3. The molecule has 1 aromatic heterocycles. The van der Waals surface area contributed by atoms with E-state index in [1.807, 2.05) is 13.8 Å². The number of halogens is 2. The molecule has 170 valence electrons. The van der Waals surface area contributed by atoms with Crippen molar-refractivity contribution in [2.45, 2.75) is 26.3 Å². The SMILES string of the molecule is CC(C)CC(NC(=O)c1ccc(Cl)cc1Cl)C(=O)N1CCN(C(=O)c2cnccn2)CC1. The number of nitrogens with one attached hydrogen (secondary N) is 1. The fourth-order valence-electron chi connectivity index (χ4n) is 3.52. The van der Waals surface area contributed by atoms with Crippen molar-refractivity contribution in [3.8, 4) is 0 Å². The Morgan fingerprint density at radius 2 is 1.75 bits per heavy atom. The molecule has 1 unspecified atom stereocenters. The van der Waals surface area contributed by atoms with Gasteiger partial charge in [0.25, 0.3) is 11.8 Å². The highest BCUT2D eigenvalue weighted by Gasteiger charge is 2.31. The monoisotopic (exact) mass is 477 g/mol. The number of nitrogens with zero attached hydrogens (tertiary/aromatic N) is 4. The molecule has 32 heavy (non-hydrogen) atoms. The topological polar surface area (TPSA) is 95.5 Å². The number of carbonyl (C=O) groups excluding carboxylic acids is 3. The Balaban J connectivity index is 1.64. The zero-order valence-electron chi connectivity index (χ0n) is 17.9. The third kappa shape index (κ3) is 5.95. The van der Waals surface area contributed by atoms with Gasteiger partial charge in [-0.15, -0.1) is 0 Å². The van der Waals surface area contributed by atoms with E-state index in [2.05, 4.69) is 15.3 Å². The summed E-state index contributed by atoms with van der Waals surface area (Å²) in [6.07, 6.45) is 4.89. The van der Waals surface area contributed by atoms with Crippen molar-refractivity contribution in [1.29, 1.82) is 0 Å². The average molecular weight is 478 g/mol. The minimum atomic E-state index is -0.698. The minimum Gasteiger partial charge on any atom is -0.340 e. The molecule has 10 heteroatoms. The van der Waals surface area contributed by atoms with E-state index in [1.165, 1.54) is 30.7 Å². The van der Waals surface area contributed by atoms with Crippen LogP contribution in [0.2, 0.25) is 10.0 Å². The summed E-state index contributed by atoms with van der Waals surface area (Å²) in [6, 6.07) is 3.91. The second kappa shape index (κ2) is 10.7. The molecule has 1 aliphatic heterocycles. The molecule has 0 bridgehead atoms. The maximum absolute atomic E-state index is 13.2. The van der Waals surface area contributed by atoms with E-state index in [0.717, 1.165) is 0 Å². The van der Waals surface area contributed by atoms with E-state index in [1.54, 1.807) is 15.9 Å². The lowest BCUT2D eigenvalue weighted by Gasteiger charge is -2.36. The van der Waals surface area contributed by atoms with Gasteiger partial charge in [0.1, 0.15) is 11.7 Å². The quantitative estimate of drug-likeness (QED) is 0.689. The molecule has 0 saturated carbocycles. The second-order valence-corrected chi connectivity index (χ2v) is 8.83. The zero-order chi connectivity index (χ0) is 23.3. The highest BCUT2D eigenvalue weighted by atomic mass is 35.5. The Bertz CT molecular complexity index is 979. The lowest BCUT2D eigenvalue weighted by Crippen LogP contribution is -2.56. The van der Waals surface area contributed by atoms with Gasteiger partial charge in [-0.1, -0.05) is 37.0 Å². The van der Waals surface area contributed by atoms with Crippen LogP contribution in [0.4, 0.5) is 0 Å². The maximum Gasteiger partial charge on any atom is 0.274 e. The smallest absolute Gasteiger partial charge is 0.274 e. The molecule has 3 rings (SSSR count). The molecule has 1 aromatic carbocycles. The van der Waals surface area contributed by atoms with Crippen LogP contribution in [0, 0.1) is 5.92 Å². The Morgan fingerprint density at radius 3 is 2.34 bits per heavy atom. The largest absolute Gasteiger partial charge is 0.340 e. The van der Waals surface area contributed by atoms with Crippen molar-refractivity contribution in [2.24, 2.45) is 5.92 Å². The maximum atomic E-state index is 13.2. The summed E-state index contributed by atoms with van der Waals surface area (Å²) in [5, 5.41) is 3.48. The predicted octanol–water partition coefficient (Wildman–Crippen LogP) is 2.91. The molecule has 1 saturated heterocycles. The molecule has 3 amide bonds. The predicted molar refractivity (Wildman–Crippen MR) is 122 cm³/mol.